The molecule has 0 unspecified atom stereocenters. The Labute approximate surface area is 176 Å². The molecule has 0 spiro atoms. The van der Waals surface area contributed by atoms with Crippen LogP contribution in [0.25, 0.3) is 11.0 Å². The summed E-state index contributed by atoms with van der Waals surface area (Å²) in [4.78, 5) is 14.6. The van der Waals surface area contributed by atoms with Gasteiger partial charge in [0.15, 0.2) is 0 Å². The summed E-state index contributed by atoms with van der Waals surface area (Å²) in [6, 6.07) is 14.0. The minimum Gasteiger partial charge on any atom is -0.423 e. The van der Waals surface area contributed by atoms with Crippen molar-refractivity contribution in [3.05, 3.63) is 80.2 Å². The van der Waals surface area contributed by atoms with E-state index >= 15 is 0 Å². The Balaban J connectivity index is 1.57. The Morgan fingerprint density at radius 3 is 2.59 bits per heavy atom. The summed E-state index contributed by atoms with van der Waals surface area (Å²) in [7, 11) is 0. The van der Waals surface area contributed by atoms with E-state index in [1.165, 1.54) is 18.4 Å². The van der Waals surface area contributed by atoms with Crippen LogP contribution in [0.5, 0.6) is 0 Å². The van der Waals surface area contributed by atoms with Crippen LogP contribution in [0, 0.1) is 13.8 Å². The van der Waals surface area contributed by atoms with Crippen molar-refractivity contribution >= 4 is 22.6 Å². The molecule has 0 amide bonds. The van der Waals surface area contributed by atoms with Crippen molar-refractivity contribution in [2.75, 3.05) is 19.6 Å². The standard InChI is InChI=1S/C24H27ClN2O2/c1-16-11-20-18(13-24(28)29-23(20)12-17(16)2)14-26-15-22(27-9-5-6-10-27)19-7-3-4-8-21(19)25/h3-4,7-8,11-13,22,26H,5-6,9-10,14-15H2,1-2H3/t22-/m1/s1. The normalized spacial score (nSPS) is 15.8. The highest BCUT2D eigenvalue weighted by Crippen LogP contribution is 2.30. The molecule has 1 N–H and O–H groups in total. The summed E-state index contributed by atoms with van der Waals surface area (Å²) in [5, 5.41) is 5.38. The number of likely N-dealkylation sites (tertiary alicyclic amines) is 1. The van der Waals surface area contributed by atoms with Crippen molar-refractivity contribution in [2.45, 2.75) is 39.3 Å². The van der Waals surface area contributed by atoms with Crippen LogP contribution in [-0.4, -0.2) is 24.5 Å². The van der Waals surface area contributed by atoms with E-state index in [1.54, 1.807) is 6.07 Å². The number of hydrogen-bond donors (Lipinski definition) is 1. The lowest BCUT2D eigenvalue weighted by molar-refractivity contribution is 0.238. The number of aryl methyl sites for hydroxylation is 2. The first-order valence-electron chi connectivity index (χ1n) is 10.3. The molecule has 2 heterocycles. The lowest BCUT2D eigenvalue weighted by Gasteiger charge is -2.29. The van der Waals surface area contributed by atoms with Crippen molar-refractivity contribution in [1.82, 2.24) is 10.2 Å². The van der Waals surface area contributed by atoms with Gasteiger partial charge in [0, 0.05) is 35.6 Å². The van der Waals surface area contributed by atoms with Crippen molar-refractivity contribution in [3.8, 4) is 0 Å². The Hall–Kier alpha value is -2.14. The molecule has 0 saturated carbocycles. The third-order valence-electron chi connectivity index (χ3n) is 5.94. The maximum absolute atomic E-state index is 12.1. The molecular formula is C24H27ClN2O2. The molecule has 1 saturated heterocycles. The van der Waals surface area contributed by atoms with E-state index < -0.39 is 0 Å². The molecule has 152 valence electrons. The first-order valence-corrected chi connectivity index (χ1v) is 10.6. The summed E-state index contributed by atoms with van der Waals surface area (Å²) >= 11 is 6.52. The molecule has 0 bridgehead atoms. The van der Waals surface area contributed by atoms with Crippen molar-refractivity contribution in [2.24, 2.45) is 0 Å². The molecule has 1 aliphatic heterocycles. The number of halogens is 1. The molecule has 1 aliphatic rings. The van der Waals surface area contributed by atoms with Crippen molar-refractivity contribution in [1.29, 1.82) is 0 Å². The molecule has 2 aromatic carbocycles. The summed E-state index contributed by atoms with van der Waals surface area (Å²) in [6.45, 7) is 7.68. The van der Waals surface area contributed by atoms with Gasteiger partial charge in [-0.15, -0.1) is 0 Å². The zero-order valence-electron chi connectivity index (χ0n) is 17.0. The van der Waals surface area contributed by atoms with Crippen LogP contribution in [0.3, 0.4) is 0 Å². The monoisotopic (exact) mass is 410 g/mol. The summed E-state index contributed by atoms with van der Waals surface area (Å²) in [6.07, 6.45) is 2.45. The fourth-order valence-corrected chi connectivity index (χ4v) is 4.47. The van der Waals surface area contributed by atoms with Gasteiger partial charge in [0.25, 0.3) is 0 Å². The van der Waals surface area contributed by atoms with Gasteiger partial charge < -0.3 is 9.73 Å². The van der Waals surface area contributed by atoms with Gasteiger partial charge in [-0.25, -0.2) is 4.79 Å². The van der Waals surface area contributed by atoms with Gasteiger partial charge in [0.1, 0.15) is 5.58 Å². The summed E-state index contributed by atoms with van der Waals surface area (Å²) in [5.41, 5.74) is 4.79. The summed E-state index contributed by atoms with van der Waals surface area (Å²) < 4.78 is 5.42. The second-order valence-corrected chi connectivity index (χ2v) is 8.34. The SMILES string of the molecule is Cc1cc2oc(=O)cc(CNC[C@H](c3ccccc3Cl)N3CCCC3)c2cc1C. The fraction of sp³-hybridized carbons (Fsp3) is 0.375. The van der Waals surface area contributed by atoms with Crippen LogP contribution in [0.15, 0.2) is 51.7 Å². The Morgan fingerprint density at radius 1 is 1.10 bits per heavy atom. The highest BCUT2D eigenvalue weighted by molar-refractivity contribution is 6.31. The van der Waals surface area contributed by atoms with Crippen LogP contribution in [0.1, 0.15) is 41.1 Å². The third-order valence-corrected chi connectivity index (χ3v) is 6.29. The highest BCUT2D eigenvalue weighted by atomic mass is 35.5. The van der Waals surface area contributed by atoms with Gasteiger partial charge in [0.05, 0.1) is 0 Å². The average Bonchev–Trinajstić information content (AvgIpc) is 3.22. The predicted molar refractivity (Wildman–Crippen MR) is 119 cm³/mol. The number of hydrogen-bond acceptors (Lipinski definition) is 4. The molecule has 4 nitrogen and oxygen atoms in total. The topological polar surface area (TPSA) is 45.5 Å². The Morgan fingerprint density at radius 2 is 1.83 bits per heavy atom. The van der Waals surface area contributed by atoms with Crippen molar-refractivity contribution < 1.29 is 4.42 Å². The summed E-state index contributed by atoms with van der Waals surface area (Å²) in [5.74, 6) is 0. The molecule has 0 radical (unpaired) electrons. The first kappa shape index (κ1) is 20.1. The fourth-order valence-electron chi connectivity index (χ4n) is 4.21. The van der Waals surface area contributed by atoms with E-state index in [1.807, 2.05) is 31.2 Å². The van der Waals surface area contributed by atoms with Crippen LogP contribution >= 0.6 is 11.6 Å². The molecule has 4 rings (SSSR count). The maximum Gasteiger partial charge on any atom is 0.336 e. The minimum absolute atomic E-state index is 0.224. The largest absolute Gasteiger partial charge is 0.423 e. The molecule has 1 atom stereocenters. The molecule has 1 aromatic heterocycles. The van der Waals surface area contributed by atoms with Crippen LogP contribution in [-0.2, 0) is 6.54 Å². The number of nitrogens with one attached hydrogen (secondary N) is 1. The zero-order chi connectivity index (χ0) is 20.4. The minimum atomic E-state index is -0.306. The van der Waals surface area contributed by atoms with Crippen LogP contribution in [0.2, 0.25) is 5.02 Å². The average molecular weight is 411 g/mol. The quantitative estimate of drug-likeness (QED) is 0.581. The molecule has 5 heteroatoms. The second-order valence-electron chi connectivity index (χ2n) is 7.93. The van der Waals surface area contributed by atoms with E-state index in [2.05, 4.69) is 29.3 Å². The zero-order valence-corrected chi connectivity index (χ0v) is 17.8. The van der Waals surface area contributed by atoms with E-state index in [0.717, 1.165) is 46.7 Å². The first-order chi connectivity index (χ1) is 14.0. The Kier molecular flexibility index (Phi) is 6.04. The van der Waals surface area contributed by atoms with Gasteiger partial charge in [-0.05, 0) is 80.2 Å². The van der Waals surface area contributed by atoms with Gasteiger partial charge in [-0.1, -0.05) is 29.8 Å². The third kappa shape index (κ3) is 4.40. The van der Waals surface area contributed by atoms with Gasteiger partial charge >= 0.3 is 5.63 Å². The maximum atomic E-state index is 12.1. The molecule has 29 heavy (non-hydrogen) atoms. The van der Waals surface area contributed by atoms with E-state index in [-0.39, 0.29) is 11.7 Å². The van der Waals surface area contributed by atoms with Crippen molar-refractivity contribution in [3.63, 3.8) is 0 Å². The van der Waals surface area contributed by atoms with Gasteiger partial charge in [-0.2, -0.15) is 0 Å². The van der Waals surface area contributed by atoms with Gasteiger partial charge in [0.2, 0.25) is 0 Å². The molecule has 0 aliphatic carbocycles. The predicted octanol–water partition coefficient (Wildman–Crippen LogP) is 4.99. The second kappa shape index (κ2) is 8.70. The lowest BCUT2D eigenvalue weighted by Crippen LogP contribution is -2.34. The van der Waals surface area contributed by atoms with Crippen LogP contribution < -0.4 is 10.9 Å². The Bertz CT molecular complexity index is 1070. The van der Waals surface area contributed by atoms with Crippen LogP contribution in [0.4, 0.5) is 0 Å². The van der Waals surface area contributed by atoms with E-state index in [4.69, 9.17) is 16.0 Å². The molecule has 1 fully saturated rings. The molecule has 3 aromatic rings. The van der Waals surface area contributed by atoms with E-state index in [0.29, 0.717) is 12.1 Å². The van der Waals surface area contributed by atoms with Gasteiger partial charge in [-0.3, -0.25) is 4.90 Å². The number of nitrogens with zero attached hydrogens (tertiary/aromatic N) is 1. The van der Waals surface area contributed by atoms with E-state index in [9.17, 15) is 4.79 Å². The molecular weight excluding hydrogens is 384 g/mol. The number of benzene rings is 2. The lowest BCUT2D eigenvalue weighted by atomic mass is 10.0. The highest BCUT2D eigenvalue weighted by Gasteiger charge is 2.24. The smallest absolute Gasteiger partial charge is 0.336 e. The number of rotatable bonds is 6. The number of fused-ring (bicyclic) bond motifs is 1.